The van der Waals surface area contributed by atoms with Gasteiger partial charge in [0.1, 0.15) is 0 Å². The molecule has 0 radical (unpaired) electrons. The van der Waals surface area contributed by atoms with Crippen LogP contribution in [0, 0.1) is 6.92 Å². The lowest BCUT2D eigenvalue weighted by Gasteiger charge is -2.13. The summed E-state index contributed by atoms with van der Waals surface area (Å²) in [5, 5.41) is 0. The van der Waals surface area contributed by atoms with Crippen LogP contribution in [0.1, 0.15) is 36.6 Å². The molecule has 0 aliphatic carbocycles. The summed E-state index contributed by atoms with van der Waals surface area (Å²) in [7, 11) is 0. The second-order valence-electron chi connectivity index (χ2n) is 5.91. The Kier molecular flexibility index (Phi) is 4.09. The van der Waals surface area contributed by atoms with E-state index >= 15 is 0 Å². The molecule has 4 heteroatoms. The van der Waals surface area contributed by atoms with Crippen molar-refractivity contribution >= 4 is 11.0 Å². The summed E-state index contributed by atoms with van der Waals surface area (Å²) in [6.45, 7) is 7.38. The van der Waals surface area contributed by atoms with E-state index in [9.17, 15) is 4.79 Å². The van der Waals surface area contributed by atoms with Gasteiger partial charge in [0.25, 0.3) is 0 Å². The van der Waals surface area contributed by atoms with Crippen molar-refractivity contribution in [2.45, 2.75) is 39.9 Å². The molecule has 3 aromatic rings. The number of fused-ring (bicyclic) bond motifs is 1. The minimum absolute atomic E-state index is 0.0473. The summed E-state index contributed by atoms with van der Waals surface area (Å²) in [5.41, 5.74) is 11.7. The number of aryl methyl sites for hydroxylation is 3. The smallest absolute Gasteiger partial charge is 0.320 e. The summed E-state index contributed by atoms with van der Waals surface area (Å²) >= 11 is 0. The lowest BCUT2D eigenvalue weighted by atomic mass is 9.98. The normalized spacial score (nSPS) is 12.7. The van der Waals surface area contributed by atoms with Crippen LogP contribution in [0.15, 0.2) is 47.3 Å². The van der Waals surface area contributed by atoms with Gasteiger partial charge in [-0.3, -0.25) is 9.13 Å². The van der Waals surface area contributed by atoms with Gasteiger partial charge in [-0.25, -0.2) is 4.79 Å². The van der Waals surface area contributed by atoms with Gasteiger partial charge in [0, 0.05) is 13.1 Å². The Morgan fingerprint density at radius 2 is 1.48 bits per heavy atom. The first-order valence-corrected chi connectivity index (χ1v) is 8.12. The Balaban J connectivity index is 2.12. The van der Waals surface area contributed by atoms with Crippen LogP contribution >= 0.6 is 0 Å². The maximum atomic E-state index is 12.4. The highest BCUT2D eigenvalue weighted by Gasteiger charge is 2.14. The van der Waals surface area contributed by atoms with E-state index in [0.29, 0.717) is 13.1 Å². The maximum absolute atomic E-state index is 12.4. The van der Waals surface area contributed by atoms with E-state index in [1.54, 1.807) is 4.57 Å². The molecule has 1 unspecified atom stereocenters. The van der Waals surface area contributed by atoms with Gasteiger partial charge in [0.05, 0.1) is 17.1 Å². The minimum atomic E-state index is -0.189. The van der Waals surface area contributed by atoms with E-state index in [4.69, 9.17) is 5.73 Å². The van der Waals surface area contributed by atoms with Crippen LogP contribution in [0.2, 0.25) is 0 Å². The molecular weight excluding hydrogens is 286 g/mol. The Morgan fingerprint density at radius 1 is 0.913 bits per heavy atom. The molecule has 23 heavy (non-hydrogen) atoms. The van der Waals surface area contributed by atoms with Gasteiger partial charge in [-0.05, 0) is 44.0 Å². The summed E-state index contributed by atoms with van der Waals surface area (Å²) < 4.78 is 3.62. The first-order chi connectivity index (χ1) is 11.1. The molecule has 4 nitrogen and oxygen atoms in total. The Morgan fingerprint density at radius 3 is 2.09 bits per heavy atom. The molecule has 0 saturated heterocycles. The zero-order valence-electron chi connectivity index (χ0n) is 13.9. The van der Waals surface area contributed by atoms with Crippen LogP contribution in [-0.4, -0.2) is 9.13 Å². The molecule has 0 fully saturated rings. The van der Waals surface area contributed by atoms with Gasteiger partial charge in [-0.2, -0.15) is 0 Å². The molecule has 0 amide bonds. The van der Waals surface area contributed by atoms with Gasteiger partial charge >= 0.3 is 5.69 Å². The molecule has 0 saturated carbocycles. The molecule has 0 aliphatic heterocycles. The fourth-order valence-electron chi connectivity index (χ4n) is 3.11. The van der Waals surface area contributed by atoms with Crippen LogP contribution in [0.25, 0.3) is 11.0 Å². The summed E-state index contributed by atoms with van der Waals surface area (Å²) in [6.07, 6.45) is 0. The van der Waals surface area contributed by atoms with Crippen molar-refractivity contribution in [1.29, 1.82) is 0 Å². The second kappa shape index (κ2) is 6.05. The van der Waals surface area contributed by atoms with Gasteiger partial charge in [0.2, 0.25) is 0 Å². The number of nitrogens with two attached hydrogens (primary N) is 1. The van der Waals surface area contributed by atoms with E-state index in [1.165, 1.54) is 5.56 Å². The zero-order valence-corrected chi connectivity index (χ0v) is 13.9. The third-order valence-corrected chi connectivity index (χ3v) is 4.47. The minimum Gasteiger partial charge on any atom is -0.320 e. The van der Waals surface area contributed by atoms with E-state index in [2.05, 4.69) is 37.3 Å². The molecule has 120 valence electrons. The highest BCUT2D eigenvalue weighted by Crippen LogP contribution is 2.24. The van der Waals surface area contributed by atoms with E-state index in [0.717, 1.165) is 22.2 Å². The monoisotopic (exact) mass is 309 g/mol. The fraction of sp³-hybridized carbons (Fsp3) is 0.316. The topological polar surface area (TPSA) is 53.0 Å². The number of hydrogen-bond donors (Lipinski definition) is 1. The first kappa shape index (κ1) is 15.6. The highest BCUT2D eigenvalue weighted by atomic mass is 16.1. The third-order valence-electron chi connectivity index (χ3n) is 4.47. The van der Waals surface area contributed by atoms with Gasteiger partial charge < -0.3 is 5.73 Å². The van der Waals surface area contributed by atoms with E-state index in [1.807, 2.05) is 30.5 Å². The molecule has 0 aliphatic rings. The number of rotatable bonds is 4. The van der Waals surface area contributed by atoms with Crippen molar-refractivity contribution < 1.29 is 0 Å². The molecule has 1 heterocycles. The van der Waals surface area contributed by atoms with Crippen molar-refractivity contribution in [2.24, 2.45) is 5.73 Å². The molecule has 2 aromatic carbocycles. The molecule has 0 bridgehead atoms. The van der Waals surface area contributed by atoms with Crippen molar-refractivity contribution in [2.75, 3.05) is 0 Å². The van der Waals surface area contributed by atoms with Crippen molar-refractivity contribution in [3.05, 3.63) is 69.6 Å². The average molecular weight is 309 g/mol. The standard InChI is InChI=1S/C19H23N3O/c1-4-21-16-11-10-15(12-17(16)22(5-2)19(21)23)18(20)14-8-6-13(3)7-9-14/h6-12,18H,4-5,20H2,1-3H3. The predicted molar refractivity (Wildman–Crippen MR) is 94.8 cm³/mol. The highest BCUT2D eigenvalue weighted by molar-refractivity contribution is 5.77. The first-order valence-electron chi connectivity index (χ1n) is 8.12. The van der Waals surface area contributed by atoms with Crippen LogP contribution in [-0.2, 0) is 13.1 Å². The zero-order chi connectivity index (χ0) is 16.6. The average Bonchev–Trinajstić information content (AvgIpc) is 2.84. The SMILES string of the molecule is CCn1c(=O)n(CC)c2cc(C(N)c3ccc(C)cc3)ccc21. The van der Waals surface area contributed by atoms with Gasteiger partial charge in [0.15, 0.2) is 0 Å². The van der Waals surface area contributed by atoms with Gasteiger partial charge in [-0.15, -0.1) is 0 Å². The predicted octanol–water partition coefficient (Wildman–Crippen LogP) is 3.20. The molecule has 0 spiro atoms. The summed E-state index contributed by atoms with van der Waals surface area (Å²) in [6, 6.07) is 14.2. The van der Waals surface area contributed by atoms with Crippen molar-refractivity contribution in [1.82, 2.24) is 9.13 Å². The fourth-order valence-corrected chi connectivity index (χ4v) is 3.11. The molecule has 1 atom stereocenters. The van der Waals surface area contributed by atoms with E-state index in [-0.39, 0.29) is 11.7 Å². The Bertz CT molecular complexity index is 887. The van der Waals surface area contributed by atoms with Crippen LogP contribution in [0.3, 0.4) is 0 Å². The summed E-state index contributed by atoms with van der Waals surface area (Å²) in [4.78, 5) is 12.4. The van der Waals surface area contributed by atoms with Gasteiger partial charge in [-0.1, -0.05) is 35.9 Å². The molecular formula is C19H23N3O. The van der Waals surface area contributed by atoms with Crippen molar-refractivity contribution in [3.63, 3.8) is 0 Å². The number of aromatic nitrogens is 2. The Labute approximate surface area is 136 Å². The van der Waals surface area contributed by atoms with E-state index < -0.39 is 0 Å². The quantitative estimate of drug-likeness (QED) is 0.804. The number of hydrogen-bond acceptors (Lipinski definition) is 2. The summed E-state index contributed by atoms with van der Waals surface area (Å²) in [5.74, 6) is 0. The number of nitrogens with zero attached hydrogens (tertiary/aromatic N) is 2. The largest absolute Gasteiger partial charge is 0.329 e. The number of benzene rings is 2. The second-order valence-corrected chi connectivity index (χ2v) is 5.91. The third kappa shape index (κ3) is 2.59. The molecule has 3 rings (SSSR count). The maximum Gasteiger partial charge on any atom is 0.329 e. The Hall–Kier alpha value is -2.33. The van der Waals surface area contributed by atoms with Crippen LogP contribution < -0.4 is 11.4 Å². The molecule has 1 aromatic heterocycles. The van der Waals surface area contributed by atoms with Crippen LogP contribution in [0.5, 0.6) is 0 Å². The lowest BCUT2D eigenvalue weighted by Crippen LogP contribution is -2.23. The molecule has 2 N–H and O–H groups in total. The van der Waals surface area contributed by atoms with Crippen molar-refractivity contribution in [3.8, 4) is 0 Å². The lowest BCUT2D eigenvalue weighted by molar-refractivity contribution is 0.670. The van der Waals surface area contributed by atoms with Crippen LogP contribution in [0.4, 0.5) is 0 Å². The number of imidazole rings is 1.